The van der Waals surface area contributed by atoms with Gasteiger partial charge in [0.15, 0.2) is 11.5 Å². The molecule has 0 radical (unpaired) electrons. The molecule has 1 aliphatic rings. The highest BCUT2D eigenvalue weighted by Crippen LogP contribution is 2.39. The summed E-state index contributed by atoms with van der Waals surface area (Å²) in [5.74, 6) is 0.273. The number of furan rings is 1. The van der Waals surface area contributed by atoms with E-state index in [0.29, 0.717) is 18.3 Å². The smallest absolute Gasteiger partial charge is 0.287 e. The first-order valence-electron chi connectivity index (χ1n) is 10.9. The summed E-state index contributed by atoms with van der Waals surface area (Å²) in [7, 11) is 0. The van der Waals surface area contributed by atoms with E-state index in [4.69, 9.17) is 4.42 Å². The minimum atomic E-state index is -0.291. The van der Waals surface area contributed by atoms with E-state index in [9.17, 15) is 9.18 Å². The minimum absolute atomic E-state index is 0.250. The van der Waals surface area contributed by atoms with Gasteiger partial charge in [0.1, 0.15) is 11.5 Å². The van der Waals surface area contributed by atoms with E-state index in [1.165, 1.54) is 25.0 Å². The van der Waals surface area contributed by atoms with Crippen molar-refractivity contribution < 1.29 is 13.6 Å². The fourth-order valence-electron chi connectivity index (χ4n) is 4.34. The Morgan fingerprint density at radius 2 is 1.78 bits per heavy atom. The summed E-state index contributed by atoms with van der Waals surface area (Å²) in [4.78, 5) is 17.3. The van der Waals surface area contributed by atoms with Gasteiger partial charge in [-0.05, 0) is 54.8 Å². The maximum Gasteiger partial charge on any atom is 0.287 e. The molecule has 5 nitrogen and oxygen atoms in total. The summed E-state index contributed by atoms with van der Waals surface area (Å²) in [6, 6.07) is 19.9. The number of hydrogen-bond acceptors (Lipinski definition) is 3. The molecule has 0 bridgehead atoms. The second kappa shape index (κ2) is 8.83. The second-order valence-corrected chi connectivity index (χ2v) is 8.13. The van der Waals surface area contributed by atoms with E-state index in [1.54, 1.807) is 18.2 Å². The molecule has 1 N–H and O–H groups in total. The molecule has 4 aromatic rings. The molecule has 2 aromatic carbocycles. The summed E-state index contributed by atoms with van der Waals surface area (Å²) < 4.78 is 21.6. The molecule has 0 unspecified atom stereocenters. The number of carbonyl (C=O) groups excluding carboxylic acids is 1. The van der Waals surface area contributed by atoms with Crippen LogP contribution in [0.4, 0.5) is 4.39 Å². The monoisotopic (exact) mass is 429 g/mol. The van der Waals surface area contributed by atoms with Crippen LogP contribution in [0.25, 0.3) is 22.7 Å². The van der Waals surface area contributed by atoms with Crippen molar-refractivity contribution in [2.75, 3.05) is 0 Å². The van der Waals surface area contributed by atoms with E-state index >= 15 is 0 Å². The lowest BCUT2D eigenvalue weighted by Gasteiger charge is -2.15. The zero-order chi connectivity index (χ0) is 21.9. The van der Waals surface area contributed by atoms with Crippen molar-refractivity contribution in [1.29, 1.82) is 0 Å². The molecule has 1 aliphatic carbocycles. The van der Waals surface area contributed by atoms with Crippen molar-refractivity contribution in [3.8, 4) is 22.7 Å². The molecule has 0 aliphatic heterocycles. The first kappa shape index (κ1) is 20.2. The Kier molecular flexibility index (Phi) is 5.58. The number of imidazole rings is 1. The zero-order valence-electron chi connectivity index (χ0n) is 17.6. The van der Waals surface area contributed by atoms with Crippen LogP contribution in [-0.2, 0) is 6.54 Å². The summed E-state index contributed by atoms with van der Waals surface area (Å²) in [6.07, 6.45) is 6.36. The van der Waals surface area contributed by atoms with Gasteiger partial charge < -0.3 is 14.3 Å². The van der Waals surface area contributed by atoms with Crippen LogP contribution in [0.5, 0.6) is 0 Å². The van der Waals surface area contributed by atoms with Crippen LogP contribution in [-0.4, -0.2) is 15.5 Å². The van der Waals surface area contributed by atoms with Gasteiger partial charge >= 0.3 is 0 Å². The number of nitrogens with zero attached hydrogens (tertiary/aromatic N) is 2. The molecule has 1 amide bonds. The standard InChI is InChI=1S/C26H24FN3O2/c27-20-12-10-19(11-13-20)24-25(30(17-29-24)21-8-4-5-9-21)22-14-15-23(32-22)26(31)28-16-18-6-2-1-3-7-18/h1-3,6-7,10-15,17,21H,4-5,8-9,16H2,(H,28,31). The van der Waals surface area contributed by atoms with Crippen molar-refractivity contribution in [3.05, 3.63) is 90.2 Å². The van der Waals surface area contributed by atoms with Crippen LogP contribution in [0.2, 0.25) is 0 Å². The van der Waals surface area contributed by atoms with Crippen LogP contribution in [0, 0.1) is 5.82 Å². The average Bonchev–Trinajstić information content (AvgIpc) is 3.58. The van der Waals surface area contributed by atoms with Gasteiger partial charge in [-0.2, -0.15) is 0 Å². The largest absolute Gasteiger partial charge is 0.449 e. The summed E-state index contributed by atoms with van der Waals surface area (Å²) in [5.41, 5.74) is 3.38. The molecule has 6 heteroatoms. The molecule has 2 aromatic heterocycles. The number of halogens is 1. The lowest BCUT2D eigenvalue weighted by atomic mass is 10.1. The fraction of sp³-hybridized carbons (Fsp3) is 0.231. The van der Waals surface area contributed by atoms with E-state index in [1.807, 2.05) is 42.7 Å². The predicted molar refractivity (Wildman–Crippen MR) is 120 cm³/mol. The van der Waals surface area contributed by atoms with Crippen LogP contribution in [0.3, 0.4) is 0 Å². The van der Waals surface area contributed by atoms with Crippen LogP contribution in [0.1, 0.15) is 47.8 Å². The van der Waals surface area contributed by atoms with Crippen molar-refractivity contribution >= 4 is 5.91 Å². The Hall–Kier alpha value is -3.67. The molecule has 1 fully saturated rings. The molecular weight excluding hydrogens is 405 g/mol. The highest BCUT2D eigenvalue weighted by molar-refractivity contribution is 5.92. The normalized spacial score (nSPS) is 14.0. The Morgan fingerprint density at radius 3 is 2.53 bits per heavy atom. The number of carbonyl (C=O) groups is 1. The third-order valence-corrected chi connectivity index (χ3v) is 5.99. The van der Waals surface area contributed by atoms with E-state index in [0.717, 1.165) is 35.4 Å². The molecular formula is C26H24FN3O2. The van der Waals surface area contributed by atoms with Crippen molar-refractivity contribution in [1.82, 2.24) is 14.9 Å². The van der Waals surface area contributed by atoms with Gasteiger partial charge in [0.2, 0.25) is 0 Å². The van der Waals surface area contributed by atoms with Gasteiger partial charge in [0.05, 0.1) is 12.0 Å². The average molecular weight is 429 g/mol. The zero-order valence-corrected chi connectivity index (χ0v) is 17.6. The molecule has 0 spiro atoms. The third kappa shape index (κ3) is 4.08. The molecule has 0 atom stereocenters. The quantitative estimate of drug-likeness (QED) is 0.409. The fourth-order valence-corrected chi connectivity index (χ4v) is 4.34. The van der Waals surface area contributed by atoms with Gasteiger partial charge in [-0.15, -0.1) is 0 Å². The van der Waals surface area contributed by atoms with E-state index in [2.05, 4.69) is 14.9 Å². The SMILES string of the molecule is O=C(NCc1ccccc1)c1ccc(-c2c(-c3ccc(F)cc3)ncn2C2CCCC2)o1. The minimum Gasteiger partial charge on any atom is -0.449 e. The number of nitrogens with one attached hydrogen (secondary N) is 1. The Morgan fingerprint density at radius 1 is 1.03 bits per heavy atom. The van der Waals surface area contributed by atoms with Gasteiger partial charge in [-0.1, -0.05) is 43.2 Å². The highest BCUT2D eigenvalue weighted by Gasteiger charge is 2.25. The lowest BCUT2D eigenvalue weighted by molar-refractivity contribution is 0.0924. The Balaban J connectivity index is 1.45. The topological polar surface area (TPSA) is 60.1 Å². The van der Waals surface area contributed by atoms with Gasteiger partial charge in [-0.25, -0.2) is 9.37 Å². The first-order valence-corrected chi connectivity index (χ1v) is 10.9. The van der Waals surface area contributed by atoms with Crippen LogP contribution < -0.4 is 5.32 Å². The van der Waals surface area contributed by atoms with Crippen LogP contribution >= 0.6 is 0 Å². The molecule has 162 valence electrons. The van der Waals surface area contributed by atoms with Gasteiger partial charge in [0, 0.05) is 18.2 Å². The number of benzene rings is 2. The second-order valence-electron chi connectivity index (χ2n) is 8.13. The summed E-state index contributed by atoms with van der Waals surface area (Å²) >= 11 is 0. The number of aromatic nitrogens is 2. The van der Waals surface area contributed by atoms with Crippen molar-refractivity contribution in [2.24, 2.45) is 0 Å². The van der Waals surface area contributed by atoms with Gasteiger partial charge in [-0.3, -0.25) is 4.79 Å². The molecule has 5 rings (SSSR count). The van der Waals surface area contributed by atoms with Crippen molar-refractivity contribution in [2.45, 2.75) is 38.3 Å². The molecule has 1 saturated carbocycles. The Labute approximate surface area is 185 Å². The lowest BCUT2D eigenvalue weighted by Crippen LogP contribution is -2.22. The maximum absolute atomic E-state index is 13.5. The number of hydrogen-bond donors (Lipinski definition) is 1. The van der Waals surface area contributed by atoms with Gasteiger partial charge in [0.25, 0.3) is 5.91 Å². The Bertz CT molecular complexity index is 1210. The number of rotatable bonds is 6. The molecule has 2 heterocycles. The van der Waals surface area contributed by atoms with E-state index < -0.39 is 0 Å². The van der Waals surface area contributed by atoms with Crippen molar-refractivity contribution in [3.63, 3.8) is 0 Å². The first-order chi connectivity index (χ1) is 15.7. The molecule has 0 saturated heterocycles. The summed E-state index contributed by atoms with van der Waals surface area (Å²) in [5, 5.41) is 2.90. The summed E-state index contributed by atoms with van der Waals surface area (Å²) in [6.45, 7) is 0.427. The third-order valence-electron chi connectivity index (χ3n) is 5.99. The highest BCUT2D eigenvalue weighted by atomic mass is 19.1. The predicted octanol–water partition coefficient (Wildman–Crippen LogP) is 5.99. The number of amides is 1. The maximum atomic E-state index is 13.5. The van der Waals surface area contributed by atoms with E-state index in [-0.39, 0.29) is 17.5 Å². The molecule has 32 heavy (non-hydrogen) atoms. The van der Waals surface area contributed by atoms with Crippen LogP contribution in [0.15, 0.2) is 77.5 Å².